The highest BCUT2D eigenvalue weighted by atomic mass is 32.3. The normalized spacial score (nSPS) is 19.0. The number of halogens is 17. The Bertz CT molecular complexity index is 761. The minimum absolute atomic E-state index is 2.25. The van der Waals surface area contributed by atoms with Gasteiger partial charge >= 0.3 is 41.9 Å². The van der Waals surface area contributed by atoms with Crippen molar-refractivity contribution in [2.24, 2.45) is 0 Å². The fraction of sp³-hybridized carbons (Fsp3) is 1.00. The van der Waals surface area contributed by atoms with Gasteiger partial charge in [-0.25, -0.2) is 25.2 Å². The third kappa shape index (κ3) is 7.10. The van der Waals surface area contributed by atoms with Crippen molar-refractivity contribution in [2.45, 2.75) is 46.7 Å². The van der Waals surface area contributed by atoms with Gasteiger partial charge in [0.15, 0.2) is 0 Å². The zero-order valence-electron chi connectivity index (χ0n) is 14.2. The molecule has 0 radical (unpaired) electrons. The molecule has 34 heavy (non-hydrogen) atoms. The average Bonchev–Trinajstić information content (AvgIpc) is 2.54. The summed E-state index contributed by atoms with van der Waals surface area (Å²) in [6.45, 7) is 0. The Morgan fingerprint density at radius 1 is 0.500 bits per heavy atom. The van der Waals surface area contributed by atoms with Crippen LogP contribution in [0.2, 0.25) is 0 Å². The molecule has 0 saturated heterocycles. The van der Waals surface area contributed by atoms with Crippen LogP contribution in [0.3, 0.4) is 0 Å². The molecule has 3 unspecified atom stereocenters. The molecular weight excluding hydrogens is 611 g/mol. The highest BCUT2D eigenvalue weighted by Gasteiger charge is 2.77. The van der Waals surface area contributed by atoms with E-state index in [1.165, 1.54) is 0 Å². The van der Waals surface area contributed by atoms with Crippen molar-refractivity contribution < 1.29 is 99.8 Å². The molecule has 0 aromatic rings. The highest BCUT2D eigenvalue weighted by molar-refractivity contribution is 7.99. The van der Waals surface area contributed by atoms with Gasteiger partial charge < -0.3 is 0 Å². The maximum atomic E-state index is 13.2. The Kier molecular flexibility index (Phi) is 9.64. The van der Waals surface area contributed by atoms with Gasteiger partial charge in [0.05, 0.1) is 0 Å². The molecular formula is C8HF17O6S3. The van der Waals surface area contributed by atoms with Crippen LogP contribution in [-0.2, 0) is 45.8 Å². The molecule has 0 fully saturated rings. The second-order valence-corrected chi connectivity index (χ2v) is 8.63. The molecule has 0 aliphatic heterocycles. The van der Waals surface area contributed by atoms with E-state index < -0.39 is 79.9 Å². The SMILES string of the molecule is O=S(OC(F)(F)C(F)(F)F)C(OS(=O)C(F)(F)C(F)(F)C(F)(F)F)S(=O)OC(F)(F)C(F)(F)F. The predicted molar refractivity (Wildman–Crippen MR) is 69.4 cm³/mol. The van der Waals surface area contributed by atoms with Gasteiger partial charge in [0.2, 0.25) is 33.2 Å². The molecule has 0 N–H and O–H groups in total. The standard InChI is InChI=1S/C8HF17O6S3/c9-2(10,3(11,12)13)8(24,25)34(28)29-1(32(26)30-6(20,21)4(14,15)16)33(27)31-7(22,23)5(17,18)19/h1H. The first-order valence-electron chi connectivity index (χ1n) is 6.53. The Morgan fingerprint density at radius 2 is 0.794 bits per heavy atom. The first kappa shape index (κ1) is 33.1. The number of rotatable bonds is 10. The van der Waals surface area contributed by atoms with Crippen molar-refractivity contribution >= 4 is 33.2 Å². The van der Waals surface area contributed by atoms with E-state index in [1.54, 1.807) is 0 Å². The van der Waals surface area contributed by atoms with Gasteiger partial charge in [0.1, 0.15) is 0 Å². The average molecular weight is 612 g/mol. The van der Waals surface area contributed by atoms with E-state index in [0.717, 1.165) is 0 Å². The number of hydrogen-bond acceptors (Lipinski definition) is 6. The van der Waals surface area contributed by atoms with Crippen molar-refractivity contribution in [2.75, 3.05) is 0 Å². The molecule has 0 aliphatic rings. The molecule has 0 aliphatic carbocycles. The third-order valence-electron chi connectivity index (χ3n) is 2.44. The molecule has 0 rings (SSSR count). The van der Waals surface area contributed by atoms with Crippen molar-refractivity contribution in [3.8, 4) is 0 Å². The van der Waals surface area contributed by atoms with Crippen molar-refractivity contribution in [1.82, 2.24) is 0 Å². The summed E-state index contributed by atoms with van der Waals surface area (Å²) in [6, 6.07) is 0. The van der Waals surface area contributed by atoms with E-state index in [0.29, 0.717) is 0 Å². The highest BCUT2D eigenvalue weighted by Crippen LogP contribution is 2.49. The minimum atomic E-state index is -7.44. The smallest absolute Gasteiger partial charge is 0.250 e. The molecule has 206 valence electrons. The Labute approximate surface area is 180 Å². The summed E-state index contributed by atoms with van der Waals surface area (Å²) in [5.41, 5.74) is 0. The number of hydrogen-bond donors (Lipinski definition) is 0. The Hall–Kier alpha value is -0.860. The van der Waals surface area contributed by atoms with Crippen molar-refractivity contribution in [3.63, 3.8) is 0 Å². The first-order chi connectivity index (χ1) is 14.5. The molecule has 26 heteroatoms. The Balaban J connectivity index is 6.31. The number of alkyl halides is 17. The second kappa shape index (κ2) is 9.89. The first-order valence-corrected chi connectivity index (χ1v) is 9.88. The van der Waals surface area contributed by atoms with E-state index in [4.69, 9.17) is 0 Å². The summed E-state index contributed by atoms with van der Waals surface area (Å²) in [5, 5.41) is -7.14. The molecule has 0 bridgehead atoms. The van der Waals surface area contributed by atoms with Gasteiger partial charge in [-0.3, -0.25) is 0 Å². The summed E-state index contributed by atoms with van der Waals surface area (Å²) < 4.78 is 247. The zero-order valence-corrected chi connectivity index (χ0v) is 16.6. The van der Waals surface area contributed by atoms with Crippen LogP contribution in [0.5, 0.6) is 0 Å². The summed E-state index contributed by atoms with van der Waals surface area (Å²) in [6.07, 6.45) is -34.8. The van der Waals surface area contributed by atoms with Crippen LogP contribution >= 0.6 is 0 Å². The van der Waals surface area contributed by atoms with E-state index in [9.17, 15) is 87.3 Å². The maximum Gasteiger partial charge on any atom is 0.484 e. The summed E-state index contributed by atoms with van der Waals surface area (Å²) >= 11 is -16.3. The molecule has 0 saturated carbocycles. The predicted octanol–water partition coefficient (Wildman–Crippen LogP) is 4.41. The van der Waals surface area contributed by atoms with Crippen molar-refractivity contribution in [3.05, 3.63) is 0 Å². The molecule has 0 heterocycles. The lowest BCUT2D eigenvalue weighted by Crippen LogP contribution is -2.55. The van der Waals surface area contributed by atoms with Crippen molar-refractivity contribution in [1.29, 1.82) is 0 Å². The second-order valence-electron chi connectivity index (χ2n) is 4.93. The van der Waals surface area contributed by atoms with Gasteiger partial charge in [-0.05, 0) is 0 Å². The fourth-order valence-electron chi connectivity index (χ4n) is 0.909. The molecule has 0 amide bonds. The summed E-state index contributed by atoms with van der Waals surface area (Å²) in [5.74, 6) is -7.44. The van der Waals surface area contributed by atoms with Gasteiger partial charge in [-0.2, -0.15) is 74.6 Å². The van der Waals surface area contributed by atoms with E-state index in [2.05, 4.69) is 12.5 Å². The van der Waals surface area contributed by atoms with Crippen LogP contribution in [-0.4, -0.2) is 59.3 Å². The van der Waals surface area contributed by atoms with Gasteiger partial charge in [0.25, 0.3) is 4.77 Å². The quantitative estimate of drug-likeness (QED) is 0.341. The largest absolute Gasteiger partial charge is 0.484 e. The van der Waals surface area contributed by atoms with E-state index >= 15 is 0 Å². The Morgan fingerprint density at radius 3 is 1.03 bits per heavy atom. The van der Waals surface area contributed by atoms with Gasteiger partial charge in [-0.15, -0.1) is 0 Å². The summed E-state index contributed by atoms with van der Waals surface area (Å²) in [4.78, 5) is 0. The van der Waals surface area contributed by atoms with Crippen LogP contribution in [0.25, 0.3) is 0 Å². The summed E-state index contributed by atoms with van der Waals surface area (Å²) in [7, 11) is 0. The van der Waals surface area contributed by atoms with E-state index in [1.807, 2.05) is 0 Å². The van der Waals surface area contributed by atoms with Crippen LogP contribution in [0, 0.1) is 0 Å². The van der Waals surface area contributed by atoms with Gasteiger partial charge in [0, 0.05) is 0 Å². The third-order valence-corrected chi connectivity index (χ3v) is 6.24. The minimum Gasteiger partial charge on any atom is -0.250 e. The molecule has 0 aromatic heterocycles. The van der Waals surface area contributed by atoms with Gasteiger partial charge in [-0.1, -0.05) is 0 Å². The molecule has 3 atom stereocenters. The lowest BCUT2D eigenvalue weighted by atomic mass is 10.3. The molecule has 0 aromatic carbocycles. The van der Waals surface area contributed by atoms with Crippen LogP contribution < -0.4 is 0 Å². The molecule has 0 spiro atoms. The molecule has 6 nitrogen and oxygen atoms in total. The lowest BCUT2D eigenvalue weighted by Gasteiger charge is -2.28. The maximum absolute atomic E-state index is 13.2. The van der Waals surface area contributed by atoms with Crippen LogP contribution in [0.1, 0.15) is 0 Å². The van der Waals surface area contributed by atoms with Crippen LogP contribution in [0.15, 0.2) is 0 Å². The van der Waals surface area contributed by atoms with E-state index in [-0.39, 0.29) is 0 Å². The van der Waals surface area contributed by atoms with Crippen LogP contribution in [0.4, 0.5) is 74.6 Å². The fourth-order valence-corrected chi connectivity index (χ4v) is 3.95. The topological polar surface area (TPSA) is 78.9 Å². The monoisotopic (exact) mass is 612 g/mol. The zero-order chi connectivity index (χ0) is 27.9. The lowest BCUT2D eigenvalue weighted by molar-refractivity contribution is -0.359.